The van der Waals surface area contributed by atoms with Gasteiger partial charge < -0.3 is 15.2 Å². The first-order chi connectivity index (χ1) is 6.86. The van der Waals surface area contributed by atoms with E-state index < -0.39 is 0 Å². The van der Waals surface area contributed by atoms with Crippen LogP contribution in [0.5, 0.6) is 0 Å². The van der Waals surface area contributed by atoms with Crippen molar-refractivity contribution in [1.82, 2.24) is 0 Å². The number of rotatable bonds is 3. The van der Waals surface area contributed by atoms with Gasteiger partial charge in [-0.1, -0.05) is 30.3 Å². The molecule has 2 N–H and O–H groups in total. The fourth-order valence-corrected chi connectivity index (χ4v) is 1.61. The molecular formula is C11H15NO2. The number of hydrogen-bond donors (Lipinski definition) is 1. The van der Waals surface area contributed by atoms with Crippen molar-refractivity contribution in [2.24, 2.45) is 5.73 Å². The second-order valence-electron chi connectivity index (χ2n) is 3.46. The first kappa shape index (κ1) is 9.65. The molecule has 1 aliphatic heterocycles. The molecule has 0 radical (unpaired) electrons. The van der Waals surface area contributed by atoms with Gasteiger partial charge in [0.05, 0.1) is 19.3 Å². The zero-order chi connectivity index (χ0) is 9.80. The molecular weight excluding hydrogens is 178 g/mol. The molecule has 1 saturated heterocycles. The van der Waals surface area contributed by atoms with Crippen molar-refractivity contribution in [2.75, 3.05) is 13.2 Å². The molecule has 14 heavy (non-hydrogen) atoms. The molecule has 0 amide bonds. The van der Waals surface area contributed by atoms with Crippen LogP contribution < -0.4 is 5.73 Å². The molecule has 3 nitrogen and oxygen atoms in total. The minimum absolute atomic E-state index is 0.0695. The van der Waals surface area contributed by atoms with Crippen molar-refractivity contribution >= 4 is 0 Å². The summed E-state index contributed by atoms with van der Waals surface area (Å²) >= 11 is 0. The number of hydrogen-bond acceptors (Lipinski definition) is 3. The van der Waals surface area contributed by atoms with Gasteiger partial charge in [-0.3, -0.25) is 0 Å². The maximum absolute atomic E-state index is 5.96. The van der Waals surface area contributed by atoms with Crippen LogP contribution in [0.2, 0.25) is 0 Å². The molecule has 76 valence electrons. The third-order valence-corrected chi connectivity index (χ3v) is 2.31. The molecule has 0 unspecified atom stereocenters. The number of nitrogens with two attached hydrogens (primary N) is 1. The maximum atomic E-state index is 5.96. The van der Waals surface area contributed by atoms with Crippen molar-refractivity contribution in [2.45, 2.75) is 18.8 Å². The van der Waals surface area contributed by atoms with Crippen molar-refractivity contribution in [1.29, 1.82) is 0 Å². The highest BCUT2D eigenvalue weighted by Gasteiger charge is 2.23. The van der Waals surface area contributed by atoms with Crippen LogP contribution in [0.1, 0.15) is 5.56 Å². The summed E-state index contributed by atoms with van der Waals surface area (Å²) in [5.74, 6) is 0. The van der Waals surface area contributed by atoms with Gasteiger partial charge in [0, 0.05) is 0 Å². The van der Waals surface area contributed by atoms with Gasteiger partial charge in [0.15, 0.2) is 6.29 Å². The second-order valence-corrected chi connectivity index (χ2v) is 3.46. The Morgan fingerprint density at radius 3 is 2.50 bits per heavy atom. The monoisotopic (exact) mass is 193 g/mol. The van der Waals surface area contributed by atoms with Gasteiger partial charge in [0.1, 0.15) is 0 Å². The lowest BCUT2D eigenvalue weighted by atomic mass is 10.1. The minimum atomic E-state index is -0.227. The van der Waals surface area contributed by atoms with E-state index in [4.69, 9.17) is 15.2 Å². The van der Waals surface area contributed by atoms with E-state index in [1.165, 1.54) is 5.56 Å². The fraction of sp³-hybridized carbons (Fsp3) is 0.455. The molecule has 0 spiro atoms. The van der Waals surface area contributed by atoms with Crippen LogP contribution in [0.4, 0.5) is 0 Å². The minimum Gasteiger partial charge on any atom is -0.349 e. The summed E-state index contributed by atoms with van der Waals surface area (Å²) in [4.78, 5) is 0. The van der Waals surface area contributed by atoms with Crippen molar-refractivity contribution in [3.63, 3.8) is 0 Å². The van der Waals surface area contributed by atoms with Crippen molar-refractivity contribution in [3.8, 4) is 0 Å². The number of ether oxygens (including phenoxy) is 2. The Labute approximate surface area is 83.8 Å². The topological polar surface area (TPSA) is 44.5 Å². The lowest BCUT2D eigenvalue weighted by Crippen LogP contribution is -2.37. The SMILES string of the molecule is N[C@H](Cc1ccccc1)C1OCCO1. The normalized spacial score (nSPS) is 19.8. The Morgan fingerprint density at radius 1 is 1.21 bits per heavy atom. The highest BCUT2D eigenvalue weighted by atomic mass is 16.7. The molecule has 1 aromatic rings. The summed E-state index contributed by atoms with van der Waals surface area (Å²) in [5, 5.41) is 0. The van der Waals surface area contributed by atoms with Crippen LogP contribution in [-0.2, 0) is 15.9 Å². The van der Waals surface area contributed by atoms with Gasteiger partial charge in [-0.15, -0.1) is 0 Å². The standard InChI is InChI=1S/C11H15NO2/c12-10(11-13-6-7-14-11)8-9-4-2-1-3-5-9/h1-5,10-11H,6-8,12H2/t10-/m1/s1. The summed E-state index contributed by atoms with van der Waals surface area (Å²) in [7, 11) is 0. The second kappa shape index (κ2) is 4.55. The van der Waals surface area contributed by atoms with Crippen LogP contribution in [0, 0.1) is 0 Å². The quantitative estimate of drug-likeness (QED) is 0.776. The van der Waals surface area contributed by atoms with Crippen LogP contribution in [0.25, 0.3) is 0 Å². The Bertz CT molecular complexity index is 270. The van der Waals surface area contributed by atoms with Crippen molar-refractivity contribution in [3.05, 3.63) is 35.9 Å². The molecule has 1 atom stereocenters. The van der Waals surface area contributed by atoms with E-state index in [0.29, 0.717) is 13.2 Å². The Kier molecular flexibility index (Phi) is 3.14. The van der Waals surface area contributed by atoms with Gasteiger partial charge in [0.25, 0.3) is 0 Å². The predicted octanol–water partition coefficient (Wildman–Crippen LogP) is 0.929. The summed E-state index contributed by atoms with van der Waals surface area (Å²) < 4.78 is 10.7. The first-order valence-electron chi connectivity index (χ1n) is 4.89. The molecule has 1 heterocycles. The van der Waals surface area contributed by atoms with Gasteiger partial charge in [-0.25, -0.2) is 0 Å². The molecule has 1 aromatic carbocycles. The molecule has 0 saturated carbocycles. The fourth-order valence-electron chi connectivity index (χ4n) is 1.61. The van der Waals surface area contributed by atoms with E-state index in [9.17, 15) is 0 Å². The summed E-state index contributed by atoms with van der Waals surface area (Å²) in [6, 6.07) is 10.1. The molecule has 1 aliphatic rings. The average molecular weight is 193 g/mol. The molecule has 2 rings (SSSR count). The first-order valence-corrected chi connectivity index (χ1v) is 4.89. The molecule has 0 bridgehead atoms. The van der Waals surface area contributed by atoms with Gasteiger partial charge in [0.2, 0.25) is 0 Å². The number of benzene rings is 1. The highest BCUT2D eigenvalue weighted by Crippen LogP contribution is 2.11. The van der Waals surface area contributed by atoms with Crippen LogP contribution in [-0.4, -0.2) is 25.5 Å². The van der Waals surface area contributed by atoms with E-state index in [-0.39, 0.29) is 12.3 Å². The van der Waals surface area contributed by atoms with Crippen LogP contribution in [0.3, 0.4) is 0 Å². The van der Waals surface area contributed by atoms with E-state index in [0.717, 1.165) is 6.42 Å². The van der Waals surface area contributed by atoms with E-state index in [1.54, 1.807) is 0 Å². The summed E-state index contributed by atoms with van der Waals surface area (Å²) in [5.41, 5.74) is 7.18. The lowest BCUT2D eigenvalue weighted by molar-refractivity contribution is -0.0585. The molecule has 1 fully saturated rings. The Balaban J connectivity index is 1.90. The zero-order valence-corrected chi connectivity index (χ0v) is 8.06. The van der Waals surface area contributed by atoms with E-state index in [2.05, 4.69) is 12.1 Å². The van der Waals surface area contributed by atoms with Crippen LogP contribution in [0.15, 0.2) is 30.3 Å². The molecule has 0 aromatic heterocycles. The lowest BCUT2D eigenvalue weighted by Gasteiger charge is -2.17. The zero-order valence-electron chi connectivity index (χ0n) is 8.06. The molecule has 0 aliphatic carbocycles. The smallest absolute Gasteiger partial charge is 0.173 e. The molecule has 3 heteroatoms. The van der Waals surface area contributed by atoms with Gasteiger partial charge in [-0.2, -0.15) is 0 Å². The third-order valence-electron chi connectivity index (χ3n) is 2.31. The Hall–Kier alpha value is -0.900. The largest absolute Gasteiger partial charge is 0.349 e. The average Bonchev–Trinajstić information content (AvgIpc) is 2.72. The highest BCUT2D eigenvalue weighted by molar-refractivity contribution is 5.15. The maximum Gasteiger partial charge on any atom is 0.173 e. The Morgan fingerprint density at radius 2 is 1.86 bits per heavy atom. The summed E-state index contributed by atoms with van der Waals surface area (Å²) in [6.45, 7) is 1.32. The van der Waals surface area contributed by atoms with Crippen LogP contribution >= 0.6 is 0 Å². The van der Waals surface area contributed by atoms with E-state index >= 15 is 0 Å². The van der Waals surface area contributed by atoms with Gasteiger partial charge in [-0.05, 0) is 12.0 Å². The van der Waals surface area contributed by atoms with Gasteiger partial charge >= 0.3 is 0 Å². The third kappa shape index (κ3) is 2.32. The predicted molar refractivity (Wildman–Crippen MR) is 53.8 cm³/mol. The van der Waals surface area contributed by atoms with Crippen molar-refractivity contribution < 1.29 is 9.47 Å². The summed E-state index contributed by atoms with van der Waals surface area (Å²) in [6.07, 6.45) is 0.570. The van der Waals surface area contributed by atoms with E-state index in [1.807, 2.05) is 18.2 Å².